The van der Waals surface area contributed by atoms with Gasteiger partial charge in [0.25, 0.3) is 0 Å². The van der Waals surface area contributed by atoms with Crippen molar-refractivity contribution in [3.05, 3.63) is 28.8 Å². The summed E-state index contributed by atoms with van der Waals surface area (Å²) in [5.41, 5.74) is -0.0760. The molecule has 1 aliphatic carbocycles. The molecule has 1 aliphatic rings. The number of benzene rings is 1. The Morgan fingerprint density at radius 1 is 1.50 bits per heavy atom. The normalized spacial score (nSPS) is 17.2. The lowest BCUT2D eigenvalue weighted by Gasteiger charge is -2.40. The van der Waals surface area contributed by atoms with Gasteiger partial charge in [-0.15, -0.1) is 0 Å². The molecule has 0 heterocycles. The average molecular weight is 315 g/mol. The summed E-state index contributed by atoms with van der Waals surface area (Å²) in [6.07, 6.45) is 2.72. The molecule has 20 heavy (non-hydrogen) atoms. The van der Waals surface area contributed by atoms with Crippen molar-refractivity contribution in [1.82, 2.24) is 4.72 Å². The number of hydrogen-bond donors (Lipinski definition) is 1. The zero-order valence-corrected chi connectivity index (χ0v) is 12.6. The molecule has 0 aromatic heterocycles. The molecular formula is C13H15ClN2O3S. The van der Waals surface area contributed by atoms with Gasteiger partial charge in [0.05, 0.1) is 22.3 Å². The first kappa shape index (κ1) is 15.3. The molecule has 1 fully saturated rings. The highest BCUT2D eigenvalue weighted by Gasteiger charge is 2.38. The van der Waals surface area contributed by atoms with Crippen LogP contribution in [0.4, 0.5) is 0 Å². The Bertz CT molecular complexity index is 643. The molecule has 1 aromatic rings. The first-order valence-corrected chi connectivity index (χ1v) is 8.03. The molecule has 5 nitrogen and oxygen atoms in total. The van der Waals surface area contributed by atoms with Crippen LogP contribution in [0.2, 0.25) is 5.02 Å². The van der Waals surface area contributed by atoms with Gasteiger partial charge in [-0.1, -0.05) is 11.6 Å². The van der Waals surface area contributed by atoms with E-state index in [1.54, 1.807) is 7.11 Å². The minimum absolute atomic E-state index is 0.0243. The number of hydrogen-bond acceptors (Lipinski definition) is 4. The smallest absolute Gasteiger partial charge is 0.242 e. The molecular weight excluding hydrogens is 300 g/mol. The molecule has 108 valence electrons. The summed E-state index contributed by atoms with van der Waals surface area (Å²) in [6.45, 7) is 0.224. The van der Waals surface area contributed by atoms with Crippen molar-refractivity contribution in [2.75, 3.05) is 13.7 Å². The number of nitrogens with zero attached hydrogens (tertiary/aromatic N) is 1. The SMILES string of the molecule is COC1(CNS(=O)(=O)c2ccc(C#N)cc2Cl)CCC1. The molecule has 1 saturated carbocycles. The fourth-order valence-corrected chi connectivity index (χ4v) is 3.77. The van der Waals surface area contributed by atoms with Crippen molar-refractivity contribution in [3.63, 3.8) is 0 Å². The van der Waals surface area contributed by atoms with Crippen LogP contribution >= 0.6 is 11.6 Å². The van der Waals surface area contributed by atoms with E-state index in [9.17, 15) is 8.42 Å². The van der Waals surface area contributed by atoms with Crippen molar-refractivity contribution >= 4 is 21.6 Å². The Labute approximate surface area is 123 Å². The van der Waals surface area contributed by atoms with Crippen molar-refractivity contribution in [2.45, 2.75) is 29.8 Å². The Morgan fingerprint density at radius 3 is 2.65 bits per heavy atom. The van der Waals surface area contributed by atoms with E-state index in [0.29, 0.717) is 5.56 Å². The van der Waals surface area contributed by atoms with Crippen LogP contribution in [-0.2, 0) is 14.8 Å². The maximum atomic E-state index is 12.2. The summed E-state index contributed by atoms with van der Waals surface area (Å²) in [7, 11) is -2.12. The average Bonchev–Trinajstić information content (AvgIpc) is 2.37. The molecule has 2 rings (SSSR count). The van der Waals surface area contributed by atoms with Gasteiger partial charge >= 0.3 is 0 Å². The molecule has 0 saturated heterocycles. The molecule has 1 N–H and O–H groups in total. The number of ether oxygens (including phenoxy) is 1. The minimum Gasteiger partial charge on any atom is -0.377 e. The largest absolute Gasteiger partial charge is 0.377 e. The van der Waals surface area contributed by atoms with E-state index in [4.69, 9.17) is 21.6 Å². The van der Waals surface area contributed by atoms with Crippen molar-refractivity contribution < 1.29 is 13.2 Å². The first-order valence-electron chi connectivity index (χ1n) is 6.17. The van der Waals surface area contributed by atoms with Gasteiger partial charge in [-0.2, -0.15) is 5.26 Å². The van der Waals surface area contributed by atoms with Crippen molar-refractivity contribution in [1.29, 1.82) is 5.26 Å². The monoisotopic (exact) mass is 314 g/mol. The number of methoxy groups -OCH3 is 1. The molecule has 0 radical (unpaired) electrons. The maximum absolute atomic E-state index is 12.2. The van der Waals surface area contributed by atoms with Gasteiger partial charge in [-0.25, -0.2) is 13.1 Å². The summed E-state index contributed by atoms with van der Waals surface area (Å²) >= 11 is 5.92. The molecule has 0 atom stereocenters. The Balaban J connectivity index is 2.17. The topological polar surface area (TPSA) is 79.2 Å². The number of nitriles is 1. The van der Waals surface area contributed by atoms with Crippen molar-refractivity contribution in [3.8, 4) is 6.07 Å². The fourth-order valence-electron chi connectivity index (χ4n) is 2.12. The second kappa shape index (κ2) is 5.70. The third kappa shape index (κ3) is 2.96. The molecule has 7 heteroatoms. The third-order valence-corrected chi connectivity index (χ3v) is 5.52. The van der Waals surface area contributed by atoms with Gasteiger partial charge in [-0.05, 0) is 37.5 Å². The van der Waals surface area contributed by atoms with Crippen LogP contribution in [-0.4, -0.2) is 27.7 Å². The third-order valence-electron chi connectivity index (χ3n) is 3.63. The van der Waals surface area contributed by atoms with Gasteiger partial charge in [0.1, 0.15) is 4.90 Å². The molecule has 0 spiro atoms. The van der Waals surface area contributed by atoms with E-state index in [1.165, 1.54) is 18.2 Å². The fraction of sp³-hybridized carbons (Fsp3) is 0.462. The molecule has 0 unspecified atom stereocenters. The quantitative estimate of drug-likeness (QED) is 0.902. The van der Waals surface area contributed by atoms with Crippen LogP contribution < -0.4 is 4.72 Å². The van der Waals surface area contributed by atoms with Gasteiger partial charge < -0.3 is 4.74 Å². The molecule has 1 aromatic carbocycles. The Morgan fingerprint density at radius 2 is 2.20 bits per heavy atom. The van der Waals surface area contributed by atoms with E-state index < -0.39 is 15.6 Å². The molecule has 0 bridgehead atoms. The van der Waals surface area contributed by atoms with Crippen molar-refractivity contribution in [2.24, 2.45) is 0 Å². The van der Waals surface area contributed by atoms with Crippen LogP contribution in [0, 0.1) is 11.3 Å². The van der Waals surface area contributed by atoms with Crippen LogP contribution in [0.25, 0.3) is 0 Å². The lowest BCUT2D eigenvalue weighted by atomic mass is 9.80. The second-order valence-electron chi connectivity index (χ2n) is 4.82. The maximum Gasteiger partial charge on any atom is 0.242 e. The summed E-state index contributed by atoms with van der Waals surface area (Å²) < 4.78 is 32.3. The highest BCUT2D eigenvalue weighted by molar-refractivity contribution is 7.89. The first-order chi connectivity index (χ1) is 9.42. The summed E-state index contributed by atoms with van der Waals surface area (Å²) in [4.78, 5) is -0.0243. The van der Waals surface area contributed by atoms with Gasteiger partial charge in [0.2, 0.25) is 10.0 Å². The standard InChI is InChI=1S/C13H15ClN2O3S/c1-19-13(5-2-6-13)9-16-20(17,18)12-4-3-10(8-15)7-11(12)14/h3-4,7,16H,2,5-6,9H2,1H3. The minimum atomic E-state index is -3.71. The summed E-state index contributed by atoms with van der Waals surface area (Å²) in [6, 6.07) is 6.01. The van der Waals surface area contributed by atoms with Crippen LogP contribution in [0.1, 0.15) is 24.8 Å². The highest BCUT2D eigenvalue weighted by Crippen LogP contribution is 2.34. The number of sulfonamides is 1. The molecule has 0 amide bonds. The zero-order valence-electron chi connectivity index (χ0n) is 11.0. The Kier molecular flexibility index (Phi) is 4.35. The zero-order chi connectivity index (χ0) is 14.8. The summed E-state index contributed by atoms with van der Waals surface area (Å²) in [5, 5.41) is 8.79. The summed E-state index contributed by atoms with van der Waals surface area (Å²) in [5.74, 6) is 0. The van der Waals surface area contributed by atoms with E-state index in [1.807, 2.05) is 6.07 Å². The van der Waals surface area contributed by atoms with Gasteiger partial charge in [0, 0.05) is 13.7 Å². The Hall–Kier alpha value is -1.13. The molecule has 0 aliphatic heterocycles. The van der Waals surface area contributed by atoms with E-state index >= 15 is 0 Å². The lowest BCUT2D eigenvalue weighted by molar-refractivity contribution is -0.0659. The van der Waals surface area contributed by atoms with Crippen LogP contribution in [0.3, 0.4) is 0 Å². The number of halogens is 1. The predicted octanol–water partition coefficient (Wildman–Crippen LogP) is 2.06. The van der Waals surface area contributed by atoms with Crippen LogP contribution in [0.15, 0.2) is 23.1 Å². The highest BCUT2D eigenvalue weighted by atomic mass is 35.5. The van der Waals surface area contributed by atoms with E-state index in [-0.39, 0.29) is 16.5 Å². The number of rotatable bonds is 5. The number of nitrogens with one attached hydrogen (secondary N) is 1. The van der Waals surface area contributed by atoms with E-state index in [0.717, 1.165) is 19.3 Å². The second-order valence-corrected chi connectivity index (χ2v) is 6.96. The van der Waals surface area contributed by atoms with Gasteiger partial charge in [-0.3, -0.25) is 0 Å². The van der Waals surface area contributed by atoms with Crippen LogP contribution in [0.5, 0.6) is 0 Å². The van der Waals surface area contributed by atoms with E-state index in [2.05, 4.69) is 4.72 Å². The predicted molar refractivity (Wildman–Crippen MR) is 74.9 cm³/mol. The van der Waals surface area contributed by atoms with Gasteiger partial charge in [0.15, 0.2) is 0 Å². The lowest BCUT2D eigenvalue weighted by Crippen LogP contribution is -2.49.